The van der Waals surface area contributed by atoms with Gasteiger partial charge in [-0.25, -0.2) is 9.37 Å². The highest BCUT2D eigenvalue weighted by Crippen LogP contribution is 2.38. The molecule has 2 radical (unpaired) electrons. The minimum Gasteiger partial charge on any atom is -0.383 e. The average Bonchev–Trinajstić information content (AvgIpc) is 3.41. The summed E-state index contributed by atoms with van der Waals surface area (Å²) in [6, 6.07) is 12.2. The van der Waals surface area contributed by atoms with Crippen molar-refractivity contribution >= 4 is 41.7 Å². The number of nitriles is 1. The lowest BCUT2D eigenvalue weighted by Gasteiger charge is -2.34. The van der Waals surface area contributed by atoms with Gasteiger partial charge in [-0.15, -0.1) is 5.53 Å². The van der Waals surface area contributed by atoms with Crippen molar-refractivity contribution in [3.05, 3.63) is 94.7 Å². The molecule has 0 saturated heterocycles. The molecule has 2 aliphatic rings. The summed E-state index contributed by atoms with van der Waals surface area (Å²) in [7, 11) is 7.04. The molecule has 0 amide bonds. The molecule has 0 bridgehead atoms. The number of anilines is 2. The van der Waals surface area contributed by atoms with Gasteiger partial charge in [-0.1, -0.05) is 23.7 Å². The fourth-order valence-electron chi connectivity index (χ4n) is 4.66. The number of fused-ring (bicyclic) bond motifs is 1. The molecule has 39 heavy (non-hydrogen) atoms. The quantitative estimate of drug-likeness (QED) is 0.202. The molecule has 1 aliphatic carbocycles. The van der Waals surface area contributed by atoms with Gasteiger partial charge in [0.2, 0.25) is 0 Å². The minimum atomic E-state index is -1.27. The maximum Gasteiger partial charge on any atom is 0.123 e. The normalized spacial score (nSPS) is 16.3. The largest absolute Gasteiger partial charge is 0.383 e. The van der Waals surface area contributed by atoms with Crippen molar-refractivity contribution < 1.29 is 4.39 Å². The van der Waals surface area contributed by atoms with Gasteiger partial charge in [0.15, 0.2) is 0 Å². The van der Waals surface area contributed by atoms with E-state index in [0.717, 1.165) is 18.7 Å². The van der Waals surface area contributed by atoms with Crippen LogP contribution < -0.4 is 21.6 Å². The first-order valence-electron chi connectivity index (χ1n) is 12.5. The molecule has 2 aromatic carbocycles. The van der Waals surface area contributed by atoms with Gasteiger partial charge in [0.05, 0.1) is 32.9 Å². The van der Waals surface area contributed by atoms with Crippen molar-refractivity contribution in [2.75, 3.05) is 17.2 Å². The van der Waals surface area contributed by atoms with Crippen LogP contribution in [0.5, 0.6) is 0 Å². The number of imidazole rings is 1. The number of aromatic nitrogens is 3. The molecule has 1 unspecified atom stereocenters. The van der Waals surface area contributed by atoms with E-state index in [9.17, 15) is 9.65 Å². The van der Waals surface area contributed by atoms with E-state index in [0.29, 0.717) is 63.1 Å². The second-order valence-corrected chi connectivity index (χ2v) is 9.99. The Morgan fingerprint density at radius 3 is 2.77 bits per heavy atom. The summed E-state index contributed by atoms with van der Waals surface area (Å²) >= 11 is 6.70. The van der Waals surface area contributed by atoms with E-state index in [-0.39, 0.29) is 5.82 Å². The second kappa shape index (κ2) is 10.1. The van der Waals surface area contributed by atoms with Crippen molar-refractivity contribution in [1.82, 2.24) is 30.9 Å². The Labute approximate surface area is 230 Å². The molecule has 1 fully saturated rings. The Morgan fingerprint density at radius 1 is 1.23 bits per heavy atom. The summed E-state index contributed by atoms with van der Waals surface area (Å²) in [5.74, 6) is 0.472. The van der Waals surface area contributed by atoms with Crippen LogP contribution in [0.25, 0.3) is 10.9 Å². The third-order valence-corrected chi connectivity index (χ3v) is 7.15. The van der Waals surface area contributed by atoms with Crippen molar-refractivity contribution in [1.29, 1.82) is 5.26 Å². The summed E-state index contributed by atoms with van der Waals surface area (Å²) in [5.41, 5.74) is 8.48. The number of hydrazine groups is 2. The van der Waals surface area contributed by atoms with Gasteiger partial charge >= 0.3 is 0 Å². The molecule has 1 saturated carbocycles. The van der Waals surface area contributed by atoms with Gasteiger partial charge in [-0.2, -0.15) is 5.26 Å². The molecular formula is C27H24BClFN9. The lowest BCUT2D eigenvalue weighted by atomic mass is 9.69. The zero-order valence-electron chi connectivity index (χ0n) is 20.8. The lowest BCUT2D eigenvalue weighted by Crippen LogP contribution is -2.45. The Hall–Kier alpha value is -4.27. The molecule has 1 atom stereocenters. The molecule has 4 aromatic rings. The second-order valence-electron chi connectivity index (χ2n) is 9.58. The number of nitrogens with zero attached hydrogens (tertiary/aromatic N) is 4. The zero-order valence-corrected chi connectivity index (χ0v) is 21.6. The minimum absolute atomic E-state index is 0.360. The van der Waals surface area contributed by atoms with Crippen LogP contribution in [-0.4, -0.2) is 40.4 Å². The highest BCUT2D eigenvalue weighted by Gasteiger charge is 2.37. The third-order valence-electron chi connectivity index (χ3n) is 6.86. The van der Waals surface area contributed by atoms with E-state index < -0.39 is 5.44 Å². The predicted molar refractivity (Wildman–Crippen MR) is 149 cm³/mol. The maximum absolute atomic E-state index is 13.8. The van der Waals surface area contributed by atoms with E-state index in [4.69, 9.17) is 19.4 Å². The van der Waals surface area contributed by atoms with Gasteiger partial charge in [0.25, 0.3) is 0 Å². The molecule has 6 rings (SSSR count). The predicted octanol–water partition coefficient (Wildman–Crippen LogP) is 4.04. The number of hydrogen-bond acceptors (Lipinski definition) is 8. The smallest absolute Gasteiger partial charge is 0.123 e. The number of rotatable bonds is 9. The van der Waals surface area contributed by atoms with Gasteiger partial charge in [0, 0.05) is 54.9 Å². The van der Waals surface area contributed by atoms with E-state index in [2.05, 4.69) is 42.6 Å². The summed E-state index contributed by atoms with van der Waals surface area (Å²) in [5, 5.41) is 19.6. The van der Waals surface area contributed by atoms with Crippen LogP contribution >= 0.6 is 11.6 Å². The summed E-state index contributed by atoms with van der Waals surface area (Å²) < 4.78 is 13.8. The lowest BCUT2D eigenvalue weighted by molar-refractivity contribution is 0.260. The van der Waals surface area contributed by atoms with Crippen LogP contribution in [0.15, 0.2) is 66.9 Å². The van der Waals surface area contributed by atoms with Crippen LogP contribution in [0.2, 0.25) is 5.02 Å². The molecule has 194 valence electrons. The van der Waals surface area contributed by atoms with Gasteiger partial charge in [0.1, 0.15) is 25.6 Å². The van der Waals surface area contributed by atoms with E-state index in [1.165, 1.54) is 18.3 Å². The van der Waals surface area contributed by atoms with Crippen LogP contribution in [0.3, 0.4) is 0 Å². The van der Waals surface area contributed by atoms with Gasteiger partial charge in [-0.3, -0.25) is 9.99 Å². The molecule has 1 aliphatic heterocycles. The fraction of sp³-hybridized carbons (Fsp3) is 0.222. The maximum atomic E-state index is 13.8. The molecule has 3 heterocycles. The Bertz CT molecular complexity index is 1580. The molecule has 9 nitrogen and oxygen atoms in total. The Morgan fingerprint density at radius 2 is 2.05 bits per heavy atom. The number of H-pyrrole nitrogens is 1. The molecule has 0 spiro atoms. The number of nitrogens with one attached hydrogen (secondary N) is 5. The first kappa shape index (κ1) is 25.0. The third kappa shape index (κ3) is 4.96. The van der Waals surface area contributed by atoms with Crippen molar-refractivity contribution in [3.63, 3.8) is 0 Å². The standard InChI is InChI=1S/C27H24BClFN9/c28-27(17-1-3-18(30)4-2-17,23-15-39(38-37-23)20-5-6-20)36-19-11-21-25(34-8-7-24-32-9-10-33-24)16(13-31)14-35-26(21)22(29)12-19/h1-4,9-12,14-15,20,36-38H,5-8H2,(H,32,33)(H,34,35). The Kier molecular flexibility index (Phi) is 6.50. The Balaban J connectivity index is 1.39. The monoisotopic (exact) mass is 539 g/mol. The molecular weight excluding hydrogens is 516 g/mol. The number of halogens is 2. The number of hydrogen-bond donors (Lipinski definition) is 5. The number of benzene rings is 2. The highest BCUT2D eigenvalue weighted by molar-refractivity contribution is 6.36. The number of aromatic amines is 1. The number of pyridine rings is 1. The van der Waals surface area contributed by atoms with Crippen LogP contribution in [0.1, 0.15) is 29.8 Å². The van der Waals surface area contributed by atoms with Gasteiger partial charge < -0.3 is 21.0 Å². The first-order chi connectivity index (χ1) is 18.9. The van der Waals surface area contributed by atoms with Crippen molar-refractivity contribution in [2.45, 2.75) is 30.7 Å². The average molecular weight is 540 g/mol. The van der Waals surface area contributed by atoms with Gasteiger partial charge in [-0.05, 0) is 42.7 Å². The summed E-state index contributed by atoms with van der Waals surface area (Å²) in [6.07, 6.45) is 9.71. The fourth-order valence-corrected chi connectivity index (χ4v) is 4.93. The SMILES string of the molecule is [B]C(Nc1cc(Cl)c2ncc(C#N)c(NCCc3ncc[nH]3)c2c1)(C1=CN(C2CC2)NN1)c1ccc(F)cc1. The van der Waals surface area contributed by atoms with Crippen LogP contribution in [0, 0.1) is 17.1 Å². The van der Waals surface area contributed by atoms with Crippen LogP contribution in [0.4, 0.5) is 15.8 Å². The summed E-state index contributed by atoms with van der Waals surface area (Å²) in [4.78, 5) is 11.8. The molecule has 2 aromatic heterocycles. The first-order valence-corrected chi connectivity index (χ1v) is 12.9. The molecule has 12 heteroatoms. The van der Waals surface area contributed by atoms with Crippen LogP contribution in [-0.2, 0) is 11.9 Å². The zero-order chi connectivity index (χ0) is 27.0. The van der Waals surface area contributed by atoms with Crippen molar-refractivity contribution in [3.8, 4) is 6.07 Å². The molecule has 5 N–H and O–H groups in total. The van der Waals surface area contributed by atoms with E-state index in [1.54, 1.807) is 30.6 Å². The summed E-state index contributed by atoms with van der Waals surface area (Å²) in [6.45, 7) is 0.534. The highest BCUT2D eigenvalue weighted by atomic mass is 35.5. The van der Waals surface area contributed by atoms with Crippen molar-refractivity contribution in [2.24, 2.45) is 0 Å². The topological polar surface area (TPSA) is 117 Å². The van der Waals surface area contributed by atoms with E-state index >= 15 is 0 Å². The van der Waals surface area contributed by atoms with E-state index in [1.807, 2.05) is 17.3 Å².